The summed E-state index contributed by atoms with van der Waals surface area (Å²) in [6, 6.07) is 16.3. The maximum absolute atomic E-state index is 12.5. The van der Waals surface area contributed by atoms with Crippen molar-refractivity contribution in [2.24, 2.45) is 0 Å². The molecule has 0 aliphatic heterocycles. The van der Waals surface area contributed by atoms with Gasteiger partial charge in [-0.3, -0.25) is 0 Å². The Labute approximate surface area is 173 Å². The molecule has 1 atom stereocenters. The predicted octanol–water partition coefficient (Wildman–Crippen LogP) is 4.60. The van der Waals surface area contributed by atoms with E-state index < -0.39 is 11.7 Å². The summed E-state index contributed by atoms with van der Waals surface area (Å²) in [6.07, 6.45) is -0.673. The van der Waals surface area contributed by atoms with Crippen molar-refractivity contribution in [3.63, 3.8) is 0 Å². The Morgan fingerprint density at radius 2 is 1.67 bits per heavy atom. The average molecular weight is 406 g/mol. The van der Waals surface area contributed by atoms with Crippen LogP contribution in [0.25, 0.3) is 21.7 Å². The average Bonchev–Trinajstić information content (AvgIpc) is 2.77. The van der Waals surface area contributed by atoms with Gasteiger partial charge in [-0.05, 0) is 42.3 Å². The Balaban J connectivity index is 1.75. The molecule has 0 bridgehead atoms. The number of hydrogen-bond acceptors (Lipinski definition) is 6. The molecule has 6 heteroatoms. The number of hydrogen-bond donors (Lipinski definition) is 1. The zero-order chi connectivity index (χ0) is 21.3. The van der Waals surface area contributed by atoms with Gasteiger partial charge < -0.3 is 23.7 Å². The number of methoxy groups -OCH3 is 2. The van der Waals surface area contributed by atoms with Gasteiger partial charge in [0.25, 0.3) is 0 Å². The zero-order valence-corrected chi connectivity index (χ0v) is 17.0. The number of fused-ring (bicyclic) bond motifs is 3. The summed E-state index contributed by atoms with van der Waals surface area (Å²) >= 11 is 0. The molecule has 1 heterocycles. The van der Waals surface area contributed by atoms with Gasteiger partial charge in [-0.2, -0.15) is 0 Å². The minimum atomic E-state index is -0.673. The molecule has 0 spiro atoms. The largest absolute Gasteiger partial charge is 0.497 e. The van der Waals surface area contributed by atoms with Gasteiger partial charge in [-0.25, -0.2) is 4.79 Å². The van der Waals surface area contributed by atoms with Crippen LogP contribution >= 0.6 is 0 Å². The van der Waals surface area contributed by atoms with E-state index in [-0.39, 0.29) is 0 Å². The van der Waals surface area contributed by atoms with Crippen LogP contribution in [-0.2, 0) is 6.61 Å². The quantitative estimate of drug-likeness (QED) is 0.373. The third-order valence-electron chi connectivity index (χ3n) is 5.06. The summed E-state index contributed by atoms with van der Waals surface area (Å²) in [5.41, 5.74) is 1.55. The molecule has 30 heavy (non-hydrogen) atoms. The van der Waals surface area contributed by atoms with Crippen molar-refractivity contribution in [3.05, 3.63) is 76.1 Å². The molecule has 154 valence electrons. The van der Waals surface area contributed by atoms with E-state index in [1.54, 1.807) is 45.4 Å². The minimum absolute atomic E-state index is 0.321. The number of aliphatic hydroxyl groups is 1. The van der Waals surface area contributed by atoms with E-state index in [0.717, 1.165) is 22.1 Å². The van der Waals surface area contributed by atoms with Gasteiger partial charge >= 0.3 is 5.63 Å². The summed E-state index contributed by atoms with van der Waals surface area (Å²) < 4.78 is 22.2. The molecule has 0 radical (unpaired) electrons. The van der Waals surface area contributed by atoms with Crippen LogP contribution in [0.3, 0.4) is 0 Å². The summed E-state index contributed by atoms with van der Waals surface area (Å²) in [5, 5.41) is 11.7. The number of ether oxygens (including phenoxy) is 3. The van der Waals surface area contributed by atoms with Crippen molar-refractivity contribution in [1.29, 1.82) is 0 Å². The molecule has 1 aromatic heterocycles. The van der Waals surface area contributed by atoms with Gasteiger partial charge in [0.15, 0.2) is 11.5 Å². The highest BCUT2D eigenvalue weighted by Gasteiger charge is 2.15. The van der Waals surface area contributed by atoms with Gasteiger partial charge in [0.05, 0.1) is 25.7 Å². The second-order valence-electron chi connectivity index (χ2n) is 7.01. The van der Waals surface area contributed by atoms with Crippen LogP contribution in [0.2, 0.25) is 0 Å². The molecule has 4 aromatic rings. The Morgan fingerprint density at radius 3 is 2.33 bits per heavy atom. The normalized spacial score (nSPS) is 12.1. The lowest BCUT2D eigenvalue weighted by atomic mass is 10.0. The van der Waals surface area contributed by atoms with Crippen molar-refractivity contribution < 1.29 is 23.7 Å². The van der Waals surface area contributed by atoms with Crippen molar-refractivity contribution >= 4 is 21.7 Å². The number of benzene rings is 3. The first-order chi connectivity index (χ1) is 14.5. The highest BCUT2D eigenvalue weighted by molar-refractivity contribution is 6.05. The Bertz CT molecular complexity index is 1250. The van der Waals surface area contributed by atoms with Crippen LogP contribution in [0.5, 0.6) is 17.2 Å². The summed E-state index contributed by atoms with van der Waals surface area (Å²) in [5.74, 6) is 1.78. The van der Waals surface area contributed by atoms with Gasteiger partial charge in [0.2, 0.25) is 0 Å². The standard InChI is InChI=1S/C24H22O6/c1-14(25)16-6-9-18-19-11-22(28-3)23(12-21(19)30-24(26)20(18)10-16)29-13-15-4-7-17(27-2)8-5-15/h4-12,14,25H,13H2,1-3H3/t14-/m1/s1. The van der Waals surface area contributed by atoms with Crippen LogP contribution < -0.4 is 19.8 Å². The molecular weight excluding hydrogens is 384 g/mol. The summed E-state index contributed by atoms with van der Waals surface area (Å²) in [4.78, 5) is 12.5. The Hall–Kier alpha value is -3.51. The lowest BCUT2D eigenvalue weighted by Crippen LogP contribution is -2.03. The summed E-state index contributed by atoms with van der Waals surface area (Å²) in [6.45, 7) is 1.97. The van der Waals surface area contributed by atoms with Crippen molar-refractivity contribution in [3.8, 4) is 17.2 Å². The van der Waals surface area contributed by atoms with Gasteiger partial charge in [0.1, 0.15) is 17.9 Å². The second-order valence-corrected chi connectivity index (χ2v) is 7.01. The molecule has 0 aliphatic rings. The van der Waals surface area contributed by atoms with E-state index in [1.165, 1.54) is 0 Å². The predicted molar refractivity (Wildman–Crippen MR) is 115 cm³/mol. The molecule has 3 aromatic carbocycles. The first-order valence-corrected chi connectivity index (χ1v) is 9.52. The molecule has 0 aliphatic carbocycles. The number of rotatable bonds is 6. The van der Waals surface area contributed by atoms with Crippen molar-refractivity contribution in [1.82, 2.24) is 0 Å². The number of aliphatic hydroxyl groups excluding tert-OH is 1. The molecule has 0 saturated heterocycles. The fourth-order valence-electron chi connectivity index (χ4n) is 3.37. The third kappa shape index (κ3) is 3.69. The molecule has 0 unspecified atom stereocenters. The van der Waals surface area contributed by atoms with Gasteiger partial charge in [-0.1, -0.05) is 24.3 Å². The Kier molecular flexibility index (Phi) is 5.33. The highest BCUT2D eigenvalue weighted by atomic mass is 16.5. The van der Waals surface area contributed by atoms with Crippen LogP contribution in [0.4, 0.5) is 0 Å². The smallest absolute Gasteiger partial charge is 0.344 e. The van der Waals surface area contributed by atoms with Crippen LogP contribution in [0.15, 0.2) is 63.8 Å². The van der Waals surface area contributed by atoms with Gasteiger partial charge in [0, 0.05) is 16.8 Å². The van der Waals surface area contributed by atoms with Crippen LogP contribution in [0, 0.1) is 0 Å². The fraction of sp³-hybridized carbons (Fsp3) is 0.208. The maximum Gasteiger partial charge on any atom is 0.344 e. The van der Waals surface area contributed by atoms with Crippen molar-refractivity contribution in [2.75, 3.05) is 14.2 Å². The molecule has 1 N–H and O–H groups in total. The zero-order valence-electron chi connectivity index (χ0n) is 17.0. The van der Waals surface area contributed by atoms with Gasteiger partial charge in [-0.15, -0.1) is 0 Å². The van der Waals surface area contributed by atoms with E-state index in [1.807, 2.05) is 30.3 Å². The molecule has 6 nitrogen and oxygen atoms in total. The Morgan fingerprint density at radius 1 is 0.900 bits per heavy atom. The second kappa shape index (κ2) is 8.08. The first-order valence-electron chi connectivity index (χ1n) is 9.52. The van der Waals surface area contributed by atoms with Crippen LogP contribution in [-0.4, -0.2) is 19.3 Å². The topological polar surface area (TPSA) is 78.1 Å². The lowest BCUT2D eigenvalue weighted by Gasteiger charge is -2.13. The maximum atomic E-state index is 12.5. The fourth-order valence-corrected chi connectivity index (χ4v) is 3.37. The molecule has 0 saturated carbocycles. The van der Waals surface area contributed by atoms with Crippen molar-refractivity contribution in [2.45, 2.75) is 19.6 Å². The lowest BCUT2D eigenvalue weighted by molar-refractivity contribution is 0.199. The minimum Gasteiger partial charge on any atom is -0.497 e. The van der Waals surface area contributed by atoms with E-state index in [9.17, 15) is 9.90 Å². The van der Waals surface area contributed by atoms with E-state index in [4.69, 9.17) is 18.6 Å². The highest BCUT2D eigenvalue weighted by Crippen LogP contribution is 2.36. The first kappa shape index (κ1) is 19.8. The SMILES string of the molecule is COc1ccc(COc2cc3oc(=O)c4cc([C@@H](C)O)ccc4c3cc2OC)cc1. The molecular formula is C24H22O6. The van der Waals surface area contributed by atoms with Crippen LogP contribution in [0.1, 0.15) is 24.2 Å². The van der Waals surface area contributed by atoms with E-state index >= 15 is 0 Å². The molecule has 0 fully saturated rings. The van der Waals surface area contributed by atoms with E-state index in [2.05, 4.69) is 0 Å². The monoisotopic (exact) mass is 406 g/mol. The molecule has 0 amide bonds. The summed E-state index contributed by atoms with van der Waals surface area (Å²) in [7, 11) is 3.18. The third-order valence-corrected chi connectivity index (χ3v) is 5.06. The molecule has 4 rings (SSSR count). The van der Waals surface area contributed by atoms with E-state index in [0.29, 0.717) is 34.6 Å².